The van der Waals surface area contributed by atoms with E-state index in [1.165, 1.54) is 20.2 Å². The number of aromatic nitrogens is 3. The van der Waals surface area contributed by atoms with Gasteiger partial charge in [-0.15, -0.1) is 5.10 Å². The van der Waals surface area contributed by atoms with Crippen molar-refractivity contribution in [2.24, 2.45) is 0 Å². The van der Waals surface area contributed by atoms with Crippen LogP contribution in [0.5, 0.6) is 0 Å². The number of rotatable bonds is 8. The number of carboxylic acids is 1. The lowest BCUT2D eigenvalue weighted by atomic mass is 9.99. The number of aliphatic carboxylic acids is 1. The van der Waals surface area contributed by atoms with Gasteiger partial charge in [-0.05, 0) is 6.92 Å². The molecule has 5 N–H and O–H groups in total. The maximum Gasteiger partial charge on any atom is 0.331 e. The van der Waals surface area contributed by atoms with Gasteiger partial charge in [0.1, 0.15) is 30.1 Å². The van der Waals surface area contributed by atoms with Gasteiger partial charge in [-0.2, -0.15) is 0 Å². The summed E-state index contributed by atoms with van der Waals surface area (Å²) in [4.78, 5) is 11.2. The minimum Gasteiger partial charge on any atom is -0.480 e. The summed E-state index contributed by atoms with van der Waals surface area (Å²) in [6, 6.07) is -1.31. The molecule has 1 aliphatic rings. The van der Waals surface area contributed by atoms with E-state index in [1.54, 1.807) is 0 Å². The largest absolute Gasteiger partial charge is 0.480 e. The number of carboxylic acid groups (broad SMARTS) is 1. The Balaban J connectivity index is 2.06. The van der Waals surface area contributed by atoms with Crippen LogP contribution in [0.4, 0.5) is 0 Å². The van der Waals surface area contributed by atoms with Gasteiger partial charge < -0.3 is 39.7 Å². The van der Waals surface area contributed by atoms with Crippen LogP contribution in [0.25, 0.3) is 0 Å². The number of aliphatic hydroxyl groups is 4. The van der Waals surface area contributed by atoms with Gasteiger partial charge in [0, 0.05) is 7.11 Å². The van der Waals surface area contributed by atoms with E-state index in [1.807, 2.05) is 0 Å². The highest BCUT2D eigenvalue weighted by Gasteiger charge is 2.45. The van der Waals surface area contributed by atoms with Crippen molar-refractivity contribution in [3.63, 3.8) is 0 Å². The summed E-state index contributed by atoms with van der Waals surface area (Å²) in [7, 11) is 1.30. The number of ether oxygens (including phenoxy) is 3. The van der Waals surface area contributed by atoms with E-state index in [0.29, 0.717) is 0 Å². The van der Waals surface area contributed by atoms with Gasteiger partial charge in [0.2, 0.25) is 0 Å². The fourth-order valence-electron chi connectivity index (χ4n) is 2.68. The highest BCUT2D eigenvalue weighted by atomic mass is 16.7. The predicted octanol–water partition coefficient (Wildman–Crippen LogP) is -2.74. The number of hydrogen-bond donors (Lipinski definition) is 5. The van der Waals surface area contributed by atoms with Crippen LogP contribution in [0.1, 0.15) is 18.7 Å². The standard InChI is InChI=1S/C14H23N3O9/c1-6(19)9(13(22)23)17-3-7(15-16-17)5-25-12-10(20)8(4-18)26-14(24-2)11(12)21/h3,6,8-12,14,18-21H,4-5H2,1-2H3,(H,22,23)/t6-,8-,9+,10+,11-,12+,14+/m1/s1. The molecule has 148 valence electrons. The fraction of sp³-hybridized carbons (Fsp3) is 0.786. The zero-order chi connectivity index (χ0) is 19.4. The van der Waals surface area contributed by atoms with E-state index in [0.717, 1.165) is 4.68 Å². The van der Waals surface area contributed by atoms with Gasteiger partial charge in [-0.3, -0.25) is 0 Å². The molecule has 0 radical (unpaired) electrons. The quantitative estimate of drug-likeness (QED) is 0.317. The molecule has 2 heterocycles. The van der Waals surface area contributed by atoms with Crippen molar-refractivity contribution in [2.75, 3.05) is 13.7 Å². The second-order valence-corrected chi connectivity index (χ2v) is 5.93. The fourth-order valence-corrected chi connectivity index (χ4v) is 2.68. The van der Waals surface area contributed by atoms with E-state index in [9.17, 15) is 25.2 Å². The van der Waals surface area contributed by atoms with E-state index in [-0.39, 0.29) is 12.3 Å². The van der Waals surface area contributed by atoms with Gasteiger partial charge in [0.15, 0.2) is 12.3 Å². The minimum absolute atomic E-state index is 0.209. The van der Waals surface area contributed by atoms with Gasteiger partial charge in [0.25, 0.3) is 0 Å². The number of hydrogen-bond acceptors (Lipinski definition) is 10. The third-order valence-electron chi connectivity index (χ3n) is 4.03. The molecule has 1 aromatic heterocycles. The van der Waals surface area contributed by atoms with Crippen LogP contribution in [-0.4, -0.2) is 97.0 Å². The van der Waals surface area contributed by atoms with Crippen LogP contribution in [-0.2, 0) is 25.6 Å². The Morgan fingerprint density at radius 1 is 1.42 bits per heavy atom. The van der Waals surface area contributed by atoms with Crippen molar-refractivity contribution >= 4 is 5.97 Å². The predicted molar refractivity (Wildman–Crippen MR) is 81.7 cm³/mol. The number of nitrogens with zero attached hydrogens (tertiary/aromatic N) is 3. The van der Waals surface area contributed by atoms with E-state index >= 15 is 0 Å². The second kappa shape index (κ2) is 8.81. The maximum absolute atomic E-state index is 11.2. The molecule has 0 aromatic carbocycles. The monoisotopic (exact) mass is 377 g/mol. The second-order valence-electron chi connectivity index (χ2n) is 5.93. The first-order valence-electron chi connectivity index (χ1n) is 7.88. The molecular weight excluding hydrogens is 354 g/mol. The first-order valence-corrected chi connectivity index (χ1v) is 7.88. The molecule has 0 bridgehead atoms. The summed E-state index contributed by atoms with van der Waals surface area (Å²) in [5.41, 5.74) is 0.220. The molecule has 0 spiro atoms. The smallest absolute Gasteiger partial charge is 0.331 e. The van der Waals surface area contributed by atoms with Crippen LogP contribution in [0.15, 0.2) is 6.20 Å². The van der Waals surface area contributed by atoms with Crippen molar-refractivity contribution in [3.8, 4) is 0 Å². The summed E-state index contributed by atoms with van der Waals surface area (Å²) in [6.45, 7) is 0.600. The third-order valence-corrected chi connectivity index (χ3v) is 4.03. The van der Waals surface area contributed by atoms with E-state index < -0.39 is 55.4 Å². The van der Waals surface area contributed by atoms with Crippen LogP contribution >= 0.6 is 0 Å². The molecule has 7 atom stereocenters. The Kier molecular flexibility index (Phi) is 7.00. The lowest BCUT2D eigenvalue weighted by Gasteiger charge is -2.41. The molecule has 2 rings (SSSR count). The van der Waals surface area contributed by atoms with Gasteiger partial charge in [-0.1, -0.05) is 5.21 Å². The summed E-state index contributed by atoms with van der Waals surface area (Å²) in [6.07, 6.45) is -5.80. The molecule has 12 nitrogen and oxygen atoms in total. The van der Waals surface area contributed by atoms with Crippen molar-refractivity contribution in [3.05, 3.63) is 11.9 Å². The Labute approximate surface area is 148 Å². The lowest BCUT2D eigenvalue weighted by Crippen LogP contribution is -2.59. The Hall–Kier alpha value is -1.67. The summed E-state index contributed by atoms with van der Waals surface area (Å²) in [5.74, 6) is -1.28. The van der Waals surface area contributed by atoms with Gasteiger partial charge in [0.05, 0.1) is 25.5 Å². The Bertz CT molecular complexity index is 580. The van der Waals surface area contributed by atoms with Gasteiger partial charge in [-0.25, -0.2) is 9.48 Å². The minimum atomic E-state index is -1.32. The van der Waals surface area contributed by atoms with Crippen LogP contribution in [0, 0.1) is 0 Å². The zero-order valence-electron chi connectivity index (χ0n) is 14.2. The average molecular weight is 377 g/mol. The molecule has 1 aliphatic heterocycles. The Morgan fingerprint density at radius 3 is 2.65 bits per heavy atom. The summed E-state index contributed by atoms with van der Waals surface area (Å²) < 4.78 is 16.6. The molecule has 0 unspecified atom stereocenters. The molecule has 0 aliphatic carbocycles. The highest BCUT2D eigenvalue weighted by Crippen LogP contribution is 2.24. The van der Waals surface area contributed by atoms with Crippen molar-refractivity contribution in [1.82, 2.24) is 15.0 Å². The zero-order valence-corrected chi connectivity index (χ0v) is 14.2. The van der Waals surface area contributed by atoms with Crippen molar-refractivity contribution in [2.45, 2.75) is 56.4 Å². The summed E-state index contributed by atoms with van der Waals surface area (Å²) >= 11 is 0. The average Bonchev–Trinajstić information content (AvgIpc) is 3.02. The lowest BCUT2D eigenvalue weighted by molar-refractivity contribution is -0.303. The number of methoxy groups -OCH3 is 1. The first kappa shape index (κ1) is 20.6. The molecule has 0 amide bonds. The molecule has 26 heavy (non-hydrogen) atoms. The number of aliphatic hydroxyl groups excluding tert-OH is 4. The topological polar surface area (TPSA) is 177 Å². The maximum atomic E-state index is 11.2. The van der Waals surface area contributed by atoms with Gasteiger partial charge >= 0.3 is 5.97 Å². The first-order chi connectivity index (χ1) is 12.3. The van der Waals surface area contributed by atoms with E-state index in [2.05, 4.69) is 10.3 Å². The van der Waals surface area contributed by atoms with Crippen LogP contribution in [0.2, 0.25) is 0 Å². The third kappa shape index (κ3) is 4.35. The Morgan fingerprint density at radius 2 is 2.12 bits per heavy atom. The molecule has 12 heteroatoms. The molecule has 0 saturated carbocycles. The highest BCUT2D eigenvalue weighted by molar-refractivity contribution is 5.72. The van der Waals surface area contributed by atoms with E-state index in [4.69, 9.17) is 19.3 Å². The summed E-state index contributed by atoms with van der Waals surface area (Å²) in [5, 5.41) is 55.6. The van der Waals surface area contributed by atoms with Crippen LogP contribution in [0.3, 0.4) is 0 Å². The van der Waals surface area contributed by atoms with Crippen molar-refractivity contribution < 1.29 is 44.5 Å². The van der Waals surface area contributed by atoms with Crippen molar-refractivity contribution in [1.29, 1.82) is 0 Å². The SMILES string of the molecule is CO[C@H]1O[C@H](CO)[C@H](O)[C@H](OCc2cn([C@H](C(=O)O)[C@@H](C)O)nn2)[C@H]1O. The number of carbonyl (C=O) groups is 1. The van der Waals surface area contributed by atoms with Crippen LogP contribution < -0.4 is 0 Å². The molecule has 1 saturated heterocycles. The molecule has 1 fully saturated rings. The molecule has 1 aromatic rings. The molecular formula is C14H23N3O9. The normalized spacial score (nSPS) is 31.5.